The largest absolute Gasteiger partial charge is 0.478 e. The standard InChI is InChI=1S/C10H12N6O2/c1-3-18-8-5-4-7(6-11-8)9(17)12-10-13-14-15-16(10)2/h4-6H,3H2,1-2H3,(H,12,13,15,17). The van der Waals surface area contributed by atoms with Crippen molar-refractivity contribution in [3.05, 3.63) is 23.9 Å². The van der Waals surface area contributed by atoms with Crippen LogP contribution in [0.15, 0.2) is 18.3 Å². The molecule has 1 N–H and O–H groups in total. The smallest absolute Gasteiger partial charge is 0.259 e. The Morgan fingerprint density at radius 2 is 2.33 bits per heavy atom. The number of hydrogen-bond acceptors (Lipinski definition) is 6. The fourth-order valence-electron chi connectivity index (χ4n) is 1.26. The summed E-state index contributed by atoms with van der Waals surface area (Å²) in [6.07, 6.45) is 1.43. The number of ether oxygens (including phenoxy) is 1. The third-order valence-electron chi connectivity index (χ3n) is 2.14. The zero-order chi connectivity index (χ0) is 13.0. The van der Waals surface area contributed by atoms with Crippen LogP contribution < -0.4 is 10.1 Å². The number of anilines is 1. The van der Waals surface area contributed by atoms with Gasteiger partial charge in [-0.3, -0.25) is 10.1 Å². The van der Waals surface area contributed by atoms with Crippen LogP contribution in [0, 0.1) is 0 Å². The van der Waals surface area contributed by atoms with E-state index < -0.39 is 0 Å². The Hall–Kier alpha value is -2.51. The van der Waals surface area contributed by atoms with E-state index >= 15 is 0 Å². The fraction of sp³-hybridized carbons (Fsp3) is 0.300. The minimum atomic E-state index is -0.330. The van der Waals surface area contributed by atoms with E-state index in [1.54, 1.807) is 19.2 Å². The van der Waals surface area contributed by atoms with Gasteiger partial charge in [0.1, 0.15) is 0 Å². The van der Waals surface area contributed by atoms with Gasteiger partial charge in [0, 0.05) is 19.3 Å². The lowest BCUT2D eigenvalue weighted by atomic mass is 10.3. The van der Waals surface area contributed by atoms with Gasteiger partial charge in [-0.05, 0) is 23.4 Å². The topological polar surface area (TPSA) is 94.8 Å². The van der Waals surface area contributed by atoms with Crippen LogP contribution in [-0.2, 0) is 7.05 Å². The molecule has 2 heterocycles. The summed E-state index contributed by atoms with van der Waals surface area (Å²) >= 11 is 0. The number of aromatic nitrogens is 5. The van der Waals surface area contributed by atoms with E-state index in [-0.39, 0.29) is 11.9 Å². The lowest BCUT2D eigenvalue weighted by Crippen LogP contribution is -2.15. The van der Waals surface area contributed by atoms with E-state index in [0.29, 0.717) is 18.1 Å². The van der Waals surface area contributed by atoms with Gasteiger partial charge in [0.05, 0.1) is 12.2 Å². The molecule has 1 amide bonds. The monoisotopic (exact) mass is 248 g/mol. The van der Waals surface area contributed by atoms with Gasteiger partial charge in [-0.25, -0.2) is 9.67 Å². The number of hydrogen-bond donors (Lipinski definition) is 1. The summed E-state index contributed by atoms with van der Waals surface area (Å²) < 4.78 is 6.55. The molecule has 0 radical (unpaired) electrons. The summed E-state index contributed by atoms with van der Waals surface area (Å²) in [6, 6.07) is 3.25. The number of nitrogens with zero attached hydrogens (tertiary/aromatic N) is 5. The fourth-order valence-corrected chi connectivity index (χ4v) is 1.26. The normalized spacial score (nSPS) is 10.1. The molecule has 0 aliphatic carbocycles. The van der Waals surface area contributed by atoms with Gasteiger partial charge in [0.2, 0.25) is 11.8 Å². The summed E-state index contributed by atoms with van der Waals surface area (Å²) in [5, 5.41) is 13.2. The molecule has 8 nitrogen and oxygen atoms in total. The second-order valence-corrected chi connectivity index (χ2v) is 3.40. The van der Waals surface area contributed by atoms with Crippen molar-refractivity contribution in [3.63, 3.8) is 0 Å². The minimum Gasteiger partial charge on any atom is -0.478 e. The number of carbonyl (C=O) groups is 1. The number of pyridine rings is 1. The number of tetrazole rings is 1. The molecule has 0 aromatic carbocycles. The van der Waals surface area contributed by atoms with E-state index in [9.17, 15) is 4.79 Å². The molecule has 94 valence electrons. The molecule has 0 saturated heterocycles. The van der Waals surface area contributed by atoms with Gasteiger partial charge in [-0.15, -0.1) is 0 Å². The number of nitrogens with one attached hydrogen (secondary N) is 1. The van der Waals surface area contributed by atoms with Crippen LogP contribution in [-0.4, -0.2) is 37.7 Å². The molecule has 18 heavy (non-hydrogen) atoms. The van der Waals surface area contributed by atoms with Crippen LogP contribution in [0.5, 0.6) is 5.88 Å². The Morgan fingerprint density at radius 1 is 1.50 bits per heavy atom. The zero-order valence-corrected chi connectivity index (χ0v) is 9.99. The third-order valence-corrected chi connectivity index (χ3v) is 2.14. The Bertz CT molecular complexity index is 536. The van der Waals surface area contributed by atoms with Crippen LogP contribution in [0.3, 0.4) is 0 Å². The molecule has 0 fully saturated rings. The molecule has 0 aliphatic rings. The Kier molecular flexibility index (Phi) is 3.46. The number of aryl methyl sites for hydroxylation is 1. The van der Waals surface area contributed by atoms with Crippen molar-refractivity contribution in [1.29, 1.82) is 0 Å². The van der Waals surface area contributed by atoms with E-state index in [0.717, 1.165) is 0 Å². The SMILES string of the molecule is CCOc1ccc(C(=O)Nc2nnnn2C)cn1. The molecule has 0 atom stereocenters. The highest BCUT2D eigenvalue weighted by Gasteiger charge is 2.10. The van der Waals surface area contributed by atoms with Crippen LogP contribution in [0.1, 0.15) is 17.3 Å². The predicted octanol–water partition coefficient (Wildman–Crippen LogP) is 0.256. The highest BCUT2D eigenvalue weighted by atomic mass is 16.5. The Morgan fingerprint density at radius 3 is 2.89 bits per heavy atom. The van der Waals surface area contributed by atoms with Crippen LogP contribution >= 0.6 is 0 Å². The van der Waals surface area contributed by atoms with E-state index in [1.807, 2.05) is 6.92 Å². The lowest BCUT2D eigenvalue weighted by Gasteiger charge is -2.04. The van der Waals surface area contributed by atoms with Gasteiger partial charge in [-0.2, -0.15) is 0 Å². The highest BCUT2D eigenvalue weighted by Crippen LogP contribution is 2.09. The van der Waals surface area contributed by atoms with E-state index in [2.05, 4.69) is 25.8 Å². The second-order valence-electron chi connectivity index (χ2n) is 3.40. The highest BCUT2D eigenvalue weighted by molar-refractivity contribution is 6.03. The number of amides is 1. The lowest BCUT2D eigenvalue weighted by molar-refractivity contribution is 0.102. The van der Waals surface area contributed by atoms with Gasteiger partial charge >= 0.3 is 0 Å². The molecule has 0 aliphatic heterocycles. The predicted molar refractivity (Wildman–Crippen MR) is 62.2 cm³/mol. The minimum absolute atomic E-state index is 0.272. The molecular weight excluding hydrogens is 236 g/mol. The molecule has 0 saturated carbocycles. The van der Waals surface area contributed by atoms with Crippen LogP contribution in [0.4, 0.5) is 5.95 Å². The maximum Gasteiger partial charge on any atom is 0.259 e. The quantitative estimate of drug-likeness (QED) is 0.833. The molecule has 2 aromatic rings. The van der Waals surface area contributed by atoms with Crippen molar-refractivity contribution >= 4 is 11.9 Å². The second kappa shape index (κ2) is 5.21. The number of carbonyl (C=O) groups excluding carboxylic acids is 1. The summed E-state index contributed by atoms with van der Waals surface area (Å²) in [5.74, 6) is 0.423. The van der Waals surface area contributed by atoms with Gasteiger partial charge in [0.25, 0.3) is 5.91 Å². The first-order chi connectivity index (χ1) is 8.70. The van der Waals surface area contributed by atoms with Crippen molar-refractivity contribution in [2.75, 3.05) is 11.9 Å². The molecule has 0 unspecified atom stereocenters. The van der Waals surface area contributed by atoms with E-state index in [1.165, 1.54) is 10.9 Å². The first kappa shape index (κ1) is 12.0. The maximum absolute atomic E-state index is 11.8. The molecule has 2 rings (SSSR count). The van der Waals surface area contributed by atoms with Crippen molar-refractivity contribution in [1.82, 2.24) is 25.2 Å². The summed E-state index contributed by atoms with van der Waals surface area (Å²) in [4.78, 5) is 15.8. The average Bonchev–Trinajstić information content (AvgIpc) is 2.76. The van der Waals surface area contributed by atoms with Crippen molar-refractivity contribution in [3.8, 4) is 5.88 Å². The van der Waals surface area contributed by atoms with Gasteiger partial charge < -0.3 is 4.74 Å². The third kappa shape index (κ3) is 2.59. The molecular formula is C10H12N6O2. The van der Waals surface area contributed by atoms with Crippen molar-refractivity contribution < 1.29 is 9.53 Å². The number of rotatable bonds is 4. The van der Waals surface area contributed by atoms with Gasteiger partial charge in [-0.1, -0.05) is 5.10 Å². The zero-order valence-electron chi connectivity index (χ0n) is 9.99. The Labute approximate surface area is 103 Å². The van der Waals surface area contributed by atoms with Gasteiger partial charge in [0.15, 0.2) is 0 Å². The molecule has 0 bridgehead atoms. The first-order valence-electron chi connectivity index (χ1n) is 5.33. The maximum atomic E-state index is 11.8. The summed E-state index contributed by atoms with van der Waals surface area (Å²) in [6.45, 7) is 2.40. The molecule has 2 aromatic heterocycles. The average molecular weight is 248 g/mol. The van der Waals surface area contributed by atoms with Crippen LogP contribution in [0.2, 0.25) is 0 Å². The van der Waals surface area contributed by atoms with Crippen LogP contribution in [0.25, 0.3) is 0 Å². The molecule has 0 spiro atoms. The van der Waals surface area contributed by atoms with E-state index in [4.69, 9.17) is 4.74 Å². The summed E-state index contributed by atoms with van der Waals surface area (Å²) in [7, 11) is 1.63. The van der Waals surface area contributed by atoms with Crippen molar-refractivity contribution in [2.24, 2.45) is 7.05 Å². The Balaban J connectivity index is 2.07. The first-order valence-corrected chi connectivity index (χ1v) is 5.33. The van der Waals surface area contributed by atoms with Crippen molar-refractivity contribution in [2.45, 2.75) is 6.92 Å². The molecule has 8 heteroatoms. The summed E-state index contributed by atoms with van der Waals surface area (Å²) in [5.41, 5.74) is 0.404.